The summed E-state index contributed by atoms with van der Waals surface area (Å²) in [6, 6.07) is -0.451. The second-order valence-corrected chi connectivity index (χ2v) is 2.58. The van der Waals surface area contributed by atoms with Crippen LogP contribution in [0.15, 0.2) is 0 Å². The molecule has 1 atom stereocenters. The fraction of sp³-hybridized carbons (Fsp3) is 0.750. The van der Waals surface area contributed by atoms with E-state index < -0.39 is 6.04 Å². The Morgan fingerprint density at radius 1 is 1.50 bits per heavy atom. The van der Waals surface area contributed by atoms with Gasteiger partial charge < -0.3 is 9.64 Å². The van der Waals surface area contributed by atoms with Gasteiger partial charge in [-0.2, -0.15) is 0 Å². The highest BCUT2D eigenvalue weighted by Gasteiger charge is 2.23. The van der Waals surface area contributed by atoms with E-state index in [4.69, 9.17) is 0 Å². The van der Waals surface area contributed by atoms with Crippen LogP contribution in [0.25, 0.3) is 0 Å². The first-order valence-electron chi connectivity index (χ1n) is 3.85. The molecule has 4 heteroatoms. The maximum atomic E-state index is 11.1. The number of esters is 1. The Hall–Kier alpha value is -1.06. The molecule has 70 valence electrons. The van der Waals surface area contributed by atoms with Crippen LogP contribution in [0, 0.1) is 0 Å². The van der Waals surface area contributed by atoms with E-state index in [0.29, 0.717) is 6.42 Å². The number of carbonyl (C=O) groups excluding carboxylic acids is 2. The van der Waals surface area contributed by atoms with Crippen molar-refractivity contribution in [2.75, 3.05) is 14.2 Å². The third kappa shape index (κ3) is 2.53. The third-order valence-electron chi connectivity index (χ3n) is 1.82. The van der Waals surface area contributed by atoms with Crippen molar-refractivity contribution < 1.29 is 14.3 Å². The van der Waals surface area contributed by atoms with Crippen molar-refractivity contribution in [3.05, 3.63) is 0 Å². The Balaban J connectivity index is 4.33. The Morgan fingerprint density at radius 2 is 2.00 bits per heavy atom. The van der Waals surface area contributed by atoms with Gasteiger partial charge in [0.15, 0.2) is 0 Å². The van der Waals surface area contributed by atoms with Gasteiger partial charge in [0.25, 0.3) is 0 Å². The van der Waals surface area contributed by atoms with Crippen LogP contribution in [0.4, 0.5) is 0 Å². The van der Waals surface area contributed by atoms with Gasteiger partial charge in [0, 0.05) is 14.0 Å². The average Bonchev–Trinajstić information content (AvgIpc) is 2.05. The molecule has 0 saturated carbocycles. The van der Waals surface area contributed by atoms with Crippen molar-refractivity contribution in [3.63, 3.8) is 0 Å². The molecule has 0 N–H and O–H groups in total. The molecule has 0 unspecified atom stereocenters. The second kappa shape index (κ2) is 4.74. The van der Waals surface area contributed by atoms with Crippen molar-refractivity contribution in [3.8, 4) is 0 Å². The third-order valence-corrected chi connectivity index (χ3v) is 1.82. The highest BCUT2D eigenvalue weighted by Crippen LogP contribution is 2.03. The van der Waals surface area contributed by atoms with Crippen molar-refractivity contribution >= 4 is 11.9 Å². The largest absolute Gasteiger partial charge is 0.467 e. The van der Waals surface area contributed by atoms with E-state index in [2.05, 4.69) is 4.74 Å². The lowest BCUT2D eigenvalue weighted by atomic mass is 10.2. The first kappa shape index (κ1) is 10.9. The fourth-order valence-electron chi connectivity index (χ4n) is 0.954. The number of hydrogen-bond donors (Lipinski definition) is 0. The minimum atomic E-state index is -0.451. The van der Waals surface area contributed by atoms with Crippen molar-refractivity contribution in [2.45, 2.75) is 26.3 Å². The zero-order chi connectivity index (χ0) is 9.72. The molecule has 0 bridgehead atoms. The first-order chi connectivity index (χ1) is 5.54. The molecule has 0 fully saturated rings. The number of nitrogens with zero attached hydrogens (tertiary/aromatic N) is 1. The lowest BCUT2D eigenvalue weighted by Crippen LogP contribution is -2.41. The molecule has 4 nitrogen and oxygen atoms in total. The summed E-state index contributed by atoms with van der Waals surface area (Å²) < 4.78 is 4.54. The number of methoxy groups -OCH3 is 1. The summed E-state index contributed by atoms with van der Waals surface area (Å²) in [5.74, 6) is -0.498. The highest BCUT2D eigenvalue weighted by molar-refractivity contribution is 5.82. The van der Waals surface area contributed by atoms with E-state index >= 15 is 0 Å². The highest BCUT2D eigenvalue weighted by atomic mass is 16.5. The van der Waals surface area contributed by atoms with Gasteiger partial charge in [-0.05, 0) is 6.42 Å². The van der Waals surface area contributed by atoms with Crippen molar-refractivity contribution in [1.29, 1.82) is 0 Å². The monoisotopic (exact) mass is 173 g/mol. The molecular formula is C8H15NO3. The van der Waals surface area contributed by atoms with Gasteiger partial charge in [0.05, 0.1) is 7.11 Å². The molecule has 0 aliphatic carbocycles. The van der Waals surface area contributed by atoms with Gasteiger partial charge in [-0.1, -0.05) is 6.92 Å². The standard InChI is InChI=1S/C8H15NO3/c1-5-7(8(11)12-4)9(3)6(2)10/h7H,5H2,1-4H3/t7-/m0/s1. The van der Waals surface area contributed by atoms with Gasteiger partial charge in [0.1, 0.15) is 6.04 Å². The first-order valence-corrected chi connectivity index (χ1v) is 3.85. The SMILES string of the molecule is CC[C@@H](C(=O)OC)N(C)C(C)=O. The molecule has 0 saturated heterocycles. The Morgan fingerprint density at radius 3 is 2.25 bits per heavy atom. The van der Waals surface area contributed by atoms with Gasteiger partial charge >= 0.3 is 5.97 Å². The summed E-state index contributed by atoms with van der Waals surface area (Å²) in [6.07, 6.45) is 0.572. The van der Waals surface area contributed by atoms with Crippen LogP contribution >= 0.6 is 0 Å². The van der Waals surface area contributed by atoms with E-state index in [9.17, 15) is 9.59 Å². The van der Waals surface area contributed by atoms with Crippen molar-refractivity contribution in [1.82, 2.24) is 4.90 Å². The zero-order valence-electron chi connectivity index (χ0n) is 7.96. The molecule has 0 aromatic rings. The molecule has 0 radical (unpaired) electrons. The Labute approximate surface area is 72.5 Å². The quantitative estimate of drug-likeness (QED) is 0.581. The summed E-state index contributed by atoms with van der Waals surface area (Å²) in [6.45, 7) is 3.26. The number of ether oxygens (including phenoxy) is 1. The van der Waals surface area contributed by atoms with Crippen LogP contribution in [0.3, 0.4) is 0 Å². The fourth-order valence-corrected chi connectivity index (χ4v) is 0.954. The zero-order valence-corrected chi connectivity index (χ0v) is 7.96. The van der Waals surface area contributed by atoms with Crippen LogP contribution < -0.4 is 0 Å². The summed E-state index contributed by atoms with van der Waals surface area (Å²) in [5.41, 5.74) is 0. The summed E-state index contributed by atoms with van der Waals surface area (Å²) in [5, 5.41) is 0. The predicted molar refractivity (Wildman–Crippen MR) is 44.5 cm³/mol. The van der Waals surface area contributed by atoms with Crippen LogP contribution in [0.5, 0.6) is 0 Å². The minimum Gasteiger partial charge on any atom is -0.467 e. The lowest BCUT2D eigenvalue weighted by Gasteiger charge is -2.23. The molecular weight excluding hydrogens is 158 g/mol. The number of likely N-dealkylation sites (N-methyl/N-ethyl adjacent to an activating group) is 1. The van der Waals surface area contributed by atoms with E-state index in [0.717, 1.165) is 0 Å². The number of carbonyl (C=O) groups is 2. The summed E-state index contributed by atoms with van der Waals surface area (Å²) in [7, 11) is 2.91. The molecule has 12 heavy (non-hydrogen) atoms. The van der Waals surface area contributed by atoms with E-state index in [1.54, 1.807) is 7.05 Å². The maximum absolute atomic E-state index is 11.1. The smallest absolute Gasteiger partial charge is 0.328 e. The van der Waals surface area contributed by atoms with Crippen LogP contribution in [-0.2, 0) is 14.3 Å². The van der Waals surface area contributed by atoms with E-state index in [-0.39, 0.29) is 11.9 Å². The van der Waals surface area contributed by atoms with Gasteiger partial charge in [-0.15, -0.1) is 0 Å². The lowest BCUT2D eigenvalue weighted by molar-refractivity contribution is -0.151. The van der Waals surface area contributed by atoms with E-state index in [1.165, 1.54) is 18.9 Å². The Kier molecular flexibility index (Phi) is 4.33. The maximum Gasteiger partial charge on any atom is 0.328 e. The molecule has 0 aliphatic rings. The summed E-state index contributed by atoms with van der Waals surface area (Å²) in [4.78, 5) is 23.3. The number of amides is 1. The average molecular weight is 173 g/mol. The topological polar surface area (TPSA) is 46.6 Å². The van der Waals surface area contributed by atoms with Crippen molar-refractivity contribution in [2.24, 2.45) is 0 Å². The van der Waals surface area contributed by atoms with Gasteiger partial charge in [-0.25, -0.2) is 4.79 Å². The predicted octanol–water partition coefficient (Wildman–Crippen LogP) is 0.416. The number of rotatable bonds is 3. The molecule has 0 rings (SSSR count). The second-order valence-electron chi connectivity index (χ2n) is 2.58. The molecule has 1 amide bonds. The minimum absolute atomic E-state index is 0.132. The number of hydrogen-bond acceptors (Lipinski definition) is 3. The molecule has 0 spiro atoms. The van der Waals surface area contributed by atoms with Crippen LogP contribution in [0.2, 0.25) is 0 Å². The van der Waals surface area contributed by atoms with E-state index in [1.807, 2.05) is 6.92 Å². The normalized spacial score (nSPS) is 12.0. The molecule has 0 aromatic heterocycles. The molecule has 0 aromatic carbocycles. The molecule has 0 aliphatic heterocycles. The summed E-state index contributed by atoms with van der Waals surface area (Å²) >= 11 is 0. The molecule has 0 heterocycles. The van der Waals surface area contributed by atoms with Gasteiger partial charge in [0.2, 0.25) is 5.91 Å². The van der Waals surface area contributed by atoms with Gasteiger partial charge in [-0.3, -0.25) is 4.79 Å². The van der Waals surface area contributed by atoms with Crippen LogP contribution in [-0.4, -0.2) is 37.0 Å². The Bertz CT molecular complexity index is 179. The van der Waals surface area contributed by atoms with Crippen LogP contribution in [0.1, 0.15) is 20.3 Å².